The first-order valence-corrected chi connectivity index (χ1v) is 8.52. The van der Waals surface area contributed by atoms with E-state index in [1.807, 2.05) is 13.8 Å². The normalized spacial score (nSPS) is 11.9. The second kappa shape index (κ2) is 11.3. The lowest BCUT2D eigenvalue weighted by Crippen LogP contribution is -1.99. The molecule has 17 heavy (non-hydrogen) atoms. The molecule has 0 spiro atoms. The Morgan fingerprint density at radius 2 is 1.47 bits per heavy atom. The first-order valence-electron chi connectivity index (χ1n) is 6.91. The summed E-state index contributed by atoms with van der Waals surface area (Å²) in [6, 6.07) is 0. The Balaban J connectivity index is 3.87. The zero-order valence-electron chi connectivity index (χ0n) is 11.6. The summed E-state index contributed by atoms with van der Waals surface area (Å²) in [5, 5.41) is 0. The minimum atomic E-state index is -2.93. The Labute approximate surface area is 107 Å². The van der Waals surface area contributed by atoms with Crippen LogP contribution in [0.4, 0.5) is 0 Å². The molecule has 0 rings (SSSR count). The fourth-order valence-corrected chi connectivity index (χ4v) is 3.06. The predicted octanol–water partition coefficient (Wildman–Crippen LogP) is 5.16. The topological polar surface area (TPSA) is 35.5 Å². The predicted molar refractivity (Wildman–Crippen MR) is 73.2 cm³/mol. The molecule has 0 atom stereocenters. The average Bonchev–Trinajstić information content (AvgIpc) is 2.34. The van der Waals surface area contributed by atoms with Crippen LogP contribution in [0.1, 0.15) is 65.7 Å². The van der Waals surface area contributed by atoms with Crippen molar-refractivity contribution in [1.82, 2.24) is 0 Å². The van der Waals surface area contributed by atoms with Crippen molar-refractivity contribution in [3.8, 4) is 0 Å². The largest absolute Gasteiger partial charge is 0.334 e. The van der Waals surface area contributed by atoms with E-state index >= 15 is 0 Å². The van der Waals surface area contributed by atoms with Crippen LogP contribution in [0, 0.1) is 6.16 Å². The van der Waals surface area contributed by atoms with Crippen LogP contribution in [0.15, 0.2) is 0 Å². The van der Waals surface area contributed by atoms with Crippen LogP contribution in [0.2, 0.25) is 0 Å². The minimum Gasteiger partial charge on any atom is -0.308 e. The maximum Gasteiger partial charge on any atom is 0.334 e. The van der Waals surface area contributed by atoms with Gasteiger partial charge in [-0.15, -0.1) is 0 Å². The Morgan fingerprint density at radius 1 is 0.882 bits per heavy atom. The molecule has 103 valence electrons. The van der Waals surface area contributed by atoms with Gasteiger partial charge in [0.1, 0.15) is 0 Å². The molecule has 0 bridgehead atoms. The van der Waals surface area contributed by atoms with E-state index in [0.717, 1.165) is 25.7 Å². The Kier molecular flexibility index (Phi) is 11.4. The van der Waals surface area contributed by atoms with E-state index in [2.05, 4.69) is 6.92 Å². The Morgan fingerprint density at radius 3 is 1.94 bits per heavy atom. The van der Waals surface area contributed by atoms with Gasteiger partial charge >= 0.3 is 7.60 Å². The molecule has 0 saturated heterocycles. The standard InChI is InChI=1S/C13H28O3P/c1-4-7-8-9-10-13-17(14,15-11-5-2)16-12-6-3/h13H,4-12H2,1-3H3. The highest BCUT2D eigenvalue weighted by Gasteiger charge is 2.23. The highest BCUT2D eigenvalue weighted by Crippen LogP contribution is 2.52. The molecular formula is C13H28O3P. The second-order valence-electron chi connectivity index (χ2n) is 4.24. The Bertz CT molecular complexity index is 195. The van der Waals surface area contributed by atoms with Crippen molar-refractivity contribution in [1.29, 1.82) is 0 Å². The SMILES string of the molecule is CCCCCC[CH]P(=O)(OCCC)OCCC. The third-order valence-corrected chi connectivity index (χ3v) is 4.15. The highest BCUT2D eigenvalue weighted by molar-refractivity contribution is 7.56. The molecule has 0 aromatic carbocycles. The summed E-state index contributed by atoms with van der Waals surface area (Å²) >= 11 is 0. The first kappa shape index (κ1) is 17.2. The zero-order valence-corrected chi connectivity index (χ0v) is 12.5. The average molecular weight is 263 g/mol. The van der Waals surface area contributed by atoms with Gasteiger partial charge in [-0.05, 0) is 19.3 Å². The van der Waals surface area contributed by atoms with E-state index in [-0.39, 0.29) is 0 Å². The van der Waals surface area contributed by atoms with Crippen molar-refractivity contribution in [3.63, 3.8) is 0 Å². The number of unbranched alkanes of at least 4 members (excludes halogenated alkanes) is 4. The van der Waals surface area contributed by atoms with E-state index in [4.69, 9.17) is 9.05 Å². The van der Waals surface area contributed by atoms with Crippen molar-refractivity contribution in [2.45, 2.75) is 65.7 Å². The molecule has 0 aromatic rings. The summed E-state index contributed by atoms with van der Waals surface area (Å²) in [5.74, 6) is 0. The van der Waals surface area contributed by atoms with Gasteiger partial charge in [-0.2, -0.15) is 0 Å². The number of rotatable bonds is 12. The first-order chi connectivity index (χ1) is 8.18. The van der Waals surface area contributed by atoms with Crippen molar-refractivity contribution in [3.05, 3.63) is 6.16 Å². The molecule has 1 radical (unpaired) electrons. The highest BCUT2D eigenvalue weighted by atomic mass is 31.2. The van der Waals surface area contributed by atoms with Crippen LogP contribution in [0.5, 0.6) is 0 Å². The minimum absolute atomic E-state index is 0.506. The maximum absolute atomic E-state index is 12.3. The van der Waals surface area contributed by atoms with E-state index in [1.165, 1.54) is 19.3 Å². The maximum atomic E-state index is 12.3. The summed E-state index contributed by atoms with van der Waals surface area (Å²) in [5.41, 5.74) is 0. The molecule has 0 fully saturated rings. The van der Waals surface area contributed by atoms with Crippen molar-refractivity contribution >= 4 is 7.60 Å². The molecule has 0 heterocycles. The van der Waals surface area contributed by atoms with Gasteiger partial charge in [0.05, 0.1) is 19.4 Å². The van der Waals surface area contributed by atoms with Gasteiger partial charge in [0, 0.05) is 0 Å². The van der Waals surface area contributed by atoms with Gasteiger partial charge in [-0.1, -0.05) is 46.5 Å². The van der Waals surface area contributed by atoms with Gasteiger partial charge in [0.25, 0.3) is 0 Å². The summed E-state index contributed by atoms with van der Waals surface area (Å²) in [6.07, 6.45) is 9.03. The van der Waals surface area contributed by atoms with Crippen molar-refractivity contribution in [2.75, 3.05) is 13.2 Å². The lowest BCUT2D eigenvalue weighted by Gasteiger charge is -2.17. The summed E-state index contributed by atoms with van der Waals surface area (Å²) in [7, 11) is -2.93. The van der Waals surface area contributed by atoms with Crippen molar-refractivity contribution in [2.24, 2.45) is 0 Å². The monoisotopic (exact) mass is 263 g/mol. The van der Waals surface area contributed by atoms with Gasteiger partial charge in [0.15, 0.2) is 0 Å². The number of hydrogen-bond donors (Lipinski definition) is 0. The van der Waals surface area contributed by atoms with E-state index < -0.39 is 7.60 Å². The van der Waals surface area contributed by atoms with E-state index in [0.29, 0.717) is 13.2 Å². The molecule has 0 aliphatic heterocycles. The molecule has 4 heteroatoms. The fraction of sp³-hybridized carbons (Fsp3) is 0.923. The van der Waals surface area contributed by atoms with E-state index in [1.54, 1.807) is 6.16 Å². The second-order valence-corrected chi connectivity index (χ2v) is 6.20. The van der Waals surface area contributed by atoms with E-state index in [9.17, 15) is 4.57 Å². The van der Waals surface area contributed by atoms with Gasteiger partial charge in [-0.25, -0.2) is 0 Å². The lowest BCUT2D eigenvalue weighted by atomic mass is 10.2. The quantitative estimate of drug-likeness (QED) is 0.360. The molecule has 3 nitrogen and oxygen atoms in total. The smallest absolute Gasteiger partial charge is 0.308 e. The summed E-state index contributed by atoms with van der Waals surface area (Å²) < 4.78 is 23.0. The number of hydrogen-bond acceptors (Lipinski definition) is 3. The molecular weight excluding hydrogens is 235 g/mol. The van der Waals surface area contributed by atoms with Crippen LogP contribution < -0.4 is 0 Å². The lowest BCUT2D eigenvalue weighted by molar-refractivity contribution is 0.208. The molecule has 0 saturated carbocycles. The molecule has 0 aliphatic carbocycles. The third kappa shape index (κ3) is 9.82. The van der Waals surface area contributed by atoms with Crippen LogP contribution in [0.3, 0.4) is 0 Å². The Hall–Kier alpha value is 0.150. The fourth-order valence-electron chi connectivity index (χ4n) is 1.40. The molecule has 0 amide bonds. The molecule has 0 aromatic heterocycles. The molecule has 0 aliphatic rings. The molecule has 0 N–H and O–H groups in total. The van der Waals surface area contributed by atoms with Crippen LogP contribution in [-0.2, 0) is 13.6 Å². The third-order valence-electron chi connectivity index (χ3n) is 2.36. The summed E-state index contributed by atoms with van der Waals surface area (Å²) in [6.45, 7) is 7.21. The summed E-state index contributed by atoms with van der Waals surface area (Å²) in [4.78, 5) is 0. The van der Waals surface area contributed by atoms with Gasteiger partial charge < -0.3 is 9.05 Å². The van der Waals surface area contributed by atoms with Crippen LogP contribution >= 0.6 is 7.60 Å². The zero-order chi connectivity index (χ0) is 13.0. The van der Waals surface area contributed by atoms with Gasteiger partial charge in [0.2, 0.25) is 0 Å². The van der Waals surface area contributed by atoms with Gasteiger partial charge in [-0.3, -0.25) is 4.57 Å². The van der Waals surface area contributed by atoms with Crippen molar-refractivity contribution < 1.29 is 13.6 Å². The van der Waals surface area contributed by atoms with Crippen LogP contribution in [0.25, 0.3) is 0 Å². The van der Waals surface area contributed by atoms with Crippen LogP contribution in [-0.4, -0.2) is 13.2 Å². The molecule has 0 unspecified atom stereocenters.